The molecule has 0 amide bonds. The average Bonchev–Trinajstić information content (AvgIpc) is 3.31. The Morgan fingerprint density at radius 3 is 1.36 bits per heavy atom. The van der Waals surface area contributed by atoms with Gasteiger partial charge in [0.15, 0.2) is 6.10 Å². The van der Waals surface area contributed by atoms with E-state index in [2.05, 4.69) is 62.5 Å². The summed E-state index contributed by atoms with van der Waals surface area (Å²) in [6.45, 7) is 3.18. The van der Waals surface area contributed by atoms with E-state index >= 15 is 0 Å². The van der Waals surface area contributed by atoms with E-state index in [-0.39, 0.29) is 12.8 Å². The number of hydrogen-bond acceptors (Lipinski definition) is 12. The van der Waals surface area contributed by atoms with Crippen molar-refractivity contribution in [3.8, 4) is 0 Å². The highest BCUT2D eigenvalue weighted by atomic mass is 31.2. The van der Waals surface area contributed by atoms with Crippen molar-refractivity contribution in [3.05, 3.63) is 48.6 Å². The lowest BCUT2D eigenvalue weighted by Crippen LogP contribution is -2.64. The van der Waals surface area contributed by atoms with E-state index in [0.29, 0.717) is 19.3 Å². The summed E-state index contributed by atoms with van der Waals surface area (Å²) in [6, 6.07) is 0. The molecule has 13 nitrogen and oxygen atoms in total. The third kappa shape index (κ3) is 34.7. The van der Waals surface area contributed by atoms with Gasteiger partial charge in [-0.2, -0.15) is 0 Å². The molecule has 1 aliphatic rings. The number of phosphoric ester groups is 1. The first kappa shape index (κ1) is 62.8. The predicted octanol–water partition coefficient (Wildman–Crippen LogP) is 11.5. The summed E-state index contributed by atoms with van der Waals surface area (Å²) < 4.78 is 33.6. The van der Waals surface area contributed by atoms with E-state index < -0.39 is 75.7 Å². The molecule has 0 aliphatic heterocycles. The summed E-state index contributed by atoms with van der Waals surface area (Å²) >= 11 is 0. The summed E-state index contributed by atoms with van der Waals surface area (Å²) in [6.07, 6.45) is 38.9. The number of carbonyl (C=O) groups excluding carboxylic acids is 2. The Balaban J connectivity index is 2.38. The molecule has 6 unspecified atom stereocenters. The van der Waals surface area contributed by atoms with Crippen molar-refractivity contribution >= 4 is 19.8 Å². The molecule has 0 aromatic carbocycles. The quantitative estimate of drug-likeness (QED) is 0.0145. The van der Waals surface area contributed by atoms with Crippen LogP contribution >= 0.6 is 7.82 Å². The predicted molar refractivity (Wildman–Crippen MR) is 267 cm³/mol. The van der Waals surface area contributed by atoms with Crippen LogP contribution in [0.1, 0.15) is 219 Å². The van der Waals surface area contributed by atoms with Crippen LogP contribution in [-0.2, 0) is 32.7 Å². The van der Waals surface area contributed by atoms with Crippen molar-refractivity contribution in [1.29, 1.82) is 0 Å². The van der Waals surface area contributed by atoms with Gasteiger partial charge < -0.3 is 39.9 Å². The Morgan fingerprint density at radius 1 is 0.478 bits per heavy atom. The highest BCUT2D eigenvalue weighted by Crippen LogP contribution is 2.47. The van der Waals surface area contributed by atoms with Crippen molar-refractivity contribution in [2.24, 2.45) is 0 Å². The molecule has 0 aromatic rings. The van der Waals surface area contributed by atoms with Gasteiger partial charge in [0.1, 0.15) is 43.2 Å². The number of carbonyl (C=O) groups is 2. The first-order valence-corrected chi connectivity index (χ1v) is 27.9. The van der Waals surface area contributed by atoms with Crippen LogP contribution in [0.15, 0.2) is 48.6 Å². The number of hydrogen-bond donors (Lipinski definition) is 6. The number of ether oxygens (including phenoxy) is 2. The molecule has 8 atom stereocenters. The lowest BCUT2D eigenvalue weighted by atomic mass is 9.85. The maximum Gasteiger partial charge on any atom is 0.472 e. The molecule has 67 heavy (non-hydrogen) atoms. The standard InChI is InChI=1S/C53H95O13P/c1-3-5-7-9-11-13-15-17-19-20-21-22-23-24-25-26-28-30-32-34-36-38-40-42-47(55)65-45(44-64-67(61,62)66-53-51(59)49(57)48(56)50(58)52(53)60)43-63-46(54)41-39-37-35-33-31-29-27-18-16-14-12-10-8-6-4-2/h6,8,12,14,18,27,34,36,45,48-53,56-60H,3-5,7,9-11,13,15-17,19-26,28-33,35,37-44H2,1-2H3,(H,61,62)/b8-6+,14-12+,27-18+,36-34+/t45-,48?,49-,50?,51?,52?,53?/m1/s1. The van der Waals surface area contributed by atoms with Crippen molar-refractivity contribution in [1.82, 2.24) is 0 Å². The van der Waals surface area contributed by atoms with Gasteiger partial charge in [0.05, 0.1) is 6.61 Å². The van der Waals surface area contributed by atoms with Crippen LogP contribution in [-0.4, -0.2) is 98.3 Å². The van der Waals surface area contributed by atoms with Crippen LogP contribution in [0.25, 0.3) is 0 Å². The molecule has 6 N–H and O–H groups in total. The minimum Gasteiger partial charge on any atom is -0.462 e. The van der Waals surface area contributed by atoms with Gasteiger partial charge in [0.25, 0.3) is 0 Å². The minimum absolute atomic E-state index is 0.0452. The van der Waals surface area contributed by atoms with Crippen LogP contribution in [0.5, 0.6) is 0 Å². The summed E-state index contributed by atoms with van der Waals surface area (Å²) in [5.41, 5.74) is 0. The zero-order chi connectivity index (χ0) is 49.2. The van der Waals surface area contributed by atoms with Gasteiger partial charge in [-0.25, -0.2) is 4.57 Å². The summed E-state index contributed by atoms with van der Waals surface area (Å²) in [4.78, 5) is 35.8. The fourth-order valence-electron chi connectivity index (χ4n) is 7.95. The molecule has 0 heterocycles. The number of esters is 2. The number of allylic oxidation sites excluding steroid dienone is 8. The van der Waals surface area contributed by atoms with Gasteiger partial charge in [-0.15, -0.1) is 0 Å². The second-order valence-corrected chi connectivity index (χ2v) is 19.8. The largest absolute Gasteiger partial charge is 0.472 e. The minimum atomic E-state index is -5.13. The van der Waals surface area contributed by atoms with Crippen LogP contribution in [0.2, 0.25) is 0 Å². The molecule has 0 saturated heterocycles. The van der Waals surface area contributed by atoms with E-state index in [1.54, 1.807) is 0 Å². The molecule has 1 aliphatic carbocycles. The molecular formula is C53H95O13P. The molecule has 14 heteroatoms. The van der Waals surface area contributed by atoms with Gasteiger partial charge in [-0.3, -0.25) is 18.6 Å². The van der Waals surface area contributed by atoms with Crippen LogP contribution in [0.4, 0.5) is 0 Å². The van der Waals surface area contributed by atoms with E-state index in [9.17, 15) is 44.6 Å². The molecular weight excluding hydrogens is 876 g/mol. The number of aliphatic hydroxyl groups is 5. The third-order valence-electron chi connectivity index (χ3n) is 12.2. The highest BCUT2D eigenvalue weighted by molar-refractivity contribution is 7.47. The molecule has 1 fully saturated rings. The zero-order valence-electron chi connectivity index (χ0n) is 41.7. The number of phosphoric acid groups is 1. The Hall–Kier alpha value is -2.19. The molecule has 0 radical (unpaired) electrons. The van der Waals surface area contributed by atoms with Crippen molar-refractivity contribution in [2.45, 2.75) is 262 Å². The fourth-order valence-corrected chi connectivity index (χ4v) is 8.93. The lowest BCUT2D eigenvalue weighted by molar-refractivity contribution is -0.220. The molecule has 0 spiro atoms. The van der Waals surface area contributed by atoms with E-state index in [4.69, 9.17) is 18.5 Å². The van der Waals surface area contributed by atoms with Crippen molar-refractivity contribution < 1.29 is 63.1 Å². The second kappa shape index (κ2) is 42.7. The highest BCUT2D eigenvalue weighted by Gasteiger charge is 2.51. The van der Waals surface area contributed by atoms with Crippen molar-refractivity contribution in [3.63, 3.8) is 0 Å². The van der Waals surface area contributed by atoms with Gasteiger partial charge in [-0.05, 0) is 64.2 Å². The number of unbranched alkanes of at least 4 members (excludes halogenated alkanes) is 24. The van der Waals surface area contributed by atoms with Gasteiger partial charge in [0, 0.05) is 12.8 Å². The molecule has 390 valence electrons. The maximum absolute atomic E-state index is 12.8. The Kier molecular flexibility index (Phi) is 40.0. The van der Waals surface area contributed by atoms with E-state index in [0.717, 1.165) is 64.2 Å². The van der Waals surface area contributed by atoms with Crippen LogP contribution < -0.4 is 0 Å². The fraction of sp³-hybridized carbons (Fsp3) is 0.811. The van der Waals surface area contributed by atoms with Gasteiger partial charge in [-0.1, -0.05) is 191 Å². The normalized spacial score (nSPS) is 21.5. The molecule has 1 saturated carbocycles. The third-order valence-corrected chi connectivity index (χ3v) is 13.1. The molecule has 0 aromatic heterocycles. The first-order valence-electron chi connectivity index (χ1n) is 26.4. The Morgan fingerprint density at radius 2 is 0.866 bits per heavy atom. The van der Waals surface area contributed by atoms with E-state index in [1.807, 2.05) is 0 Å². The average molecular weight is 971 g/mol. The number of rotatable bonds is 44. The van der Waals surface area contributed by atoms with Crippen LogP contribution in [0.3, 0.4) is 0 Å². The Labute approximate surface area is 405 Å². The molecule has 1 rings (SSSR count). The van der Waals surface area contributed by atoms with Gasteiger partial charge in [0.2, 0.25) is 0 Å². The first-order chi connectivity index (χ1) is 32.4. The SMILES string of the molecule is CC/C=C/C/C=C/C/C=C/CCCCCCCC(=O)OC[C@H](COP(=O)(O)OC1C(O)C(O)C(O)[C@@H](O)C1O)OC(=O)CCC/C=C/CCCCCCCCCCCCCCCCCCCC. The topological polar surface area (TPSA) is 210 Å². The van der Waals surface area contributed by atoms with Crippen molar-refractivity contribution in [2.75, 3.05) is 13.2 Å². The monoisotopic (exact) mass is 971 g/mol. The maximum atomic E-state index is 12.8. The number of aliphatic hydroxyl groups excluding tert-OH is 5. The van der Waals surface area contributed by atoms with Crippen LogP contribution in [0, 0.1) is 0 Å². The summed E-state index contributed by atoms with van der Waals surface area (Å²) in [5.74, 6) is -1.15. The summed E-state index contributed by atoms with van der Waals surface area (Å²) in [7, 11) is -5.13. The Bertz CT molecular complexity index is 1350. The zero-order valence-corrected chi connectivity index (χ0v) is 42.6. The van der Waals surface area contributed by atoms with E-state index in [1.165, 1.54) is 109 Å². The molecule has 0 bridgehead atoms. The lowest BCUT2D eigenvalue weighted by Gasteiger charge is -2.41. The summed E-state index contributed by atoms with van der Waals surface area (Å²) in [5, 5.41) is 50.3. The second-order valence-electron chi connectivity index (χ2n) is 18.3. The smallest absolute Gasteiger partial charge is 0.462 e. The van der Waals surface area contributed by atoms with Gasteiger partial charge >= 0.3 is 19.8 Å².